The zero-order valence-corrected chi connectivity index (χ0v) is 25.1. The number of likely N-dealkylation sites (N-methyl/N-ethyl adjacent to an activating group) is 1. The van der Waals surface area contributed by atoms with Crippen LogP contribution in [0, 0.1) is 0 Å². The fourth-order valence-electron chi connectivity index (χ4n) is 5.65. The van der Waals surface area contributed by atoms with Crippen LogP contribution in [0.25, 0.3) is 27.8 Å². The Balaban J connectivity index is 1.11. The summed E-state index contributed by atoms with van der Waals surface area (Å²) in [6.07, 6.45) is -2.73. The number of nitrogens with one attached hydrogen (secondary N) is 1. The summed E-state index contributed by atoms with van der Waals surface area (Å²) in [4.78, 5) is 21.6. The zero-order valence-electron chi connectivity index (χ0n) is 25.1. The molecule has 45 heavy (non-hydrogen) atoms. The maximum atomic E-state index is 14.0. The lowest BCUT2D eigenvalue weighted by molar-refractivity contribution is -0.138. The number of hydrogen-bond donors (Lipinski definition) is 1. The van der Waals surface area contributed by atoms with E-state index in [2.05, 4.69) is 15.2 Å². The molecule has 0 aliphatic carbocycles. The first-order valence-corrected chi connectivity index (χ1v) is 14.8. The van der Waals surface area contributed by atoms with Gasteiger partial charge in [-0.25, -0.2) is 4.98 Å². The monoisotopic (exact) mass is 613 g/mol. The van der Waals surface area contributed by atoms with Crippen LogP contribution in [0.2, 0.25) is 0 Å². The number of benzene rings is 4. The van der Waals surface area contributed by atoms with Gasteiger partial charge in [0.25, 0.3) is 0 Å². The second-order valence-corrected chi connectivity index (χ2v) is 11.4. The number of anilines is 1. The summed E-state index contributed by atoms with van der Waals surface area (Å²) < 4.78 is 49.1. The lowest BCUT2D eigenvalue weighted by Gasteiger charge is -2.33. The largest absolute Gasteiger partial charge is 0.497 e. The van der Waals surface area contributed by atoms with Crippen LogP contribution in [0.5, 0.6) is 5.75 Å². The maximum Gasteiger partial charge on any atom is 0.416 e. The molecule has 0 atom stereocenters. The predicted octanol–water partition coefficient (Wildman–Crippen LogP) is 6.65. The van der Waals surface area contributed by atoms with E-state index >= 15 is 0 Å². The number of amides is 1. The molecule has 1 aromatic heterocycles. The van der Waals surface area contributed by atoms with Crippen molar-refractivity contribution >= 4 is 22.6 Å². The van der Waals surface area contributed by atoms with Gasteiger partial charge in [-0.05, 0) is 77.8 Å². The second-order valence-electron chi connectivity index (χ2n) is 11.4. The molecule has 4 aromatic carbocycles. The van der Waals surface area contributed by atoms with Gasteiger partial charge in [-0.1, -0.05) is 36.4 Å². The van der Waals surface area contributed by atoms with Gasteiger partial charge in [0.2, 0.25) is 5.91 Å². The standard InChI is InChI=1S/C35H34F3N5O2/c1-41-15-17-42(18-16-41)22-27-5-9-28(21-31(27)35(36,37)38)40-34(44)19-24-3-10-29(11-4-24)43-23-39-32-20-26(8-14-33(32)43)25-6-12-30(45-2)13-7-25/h3-14,20-21,23H,15-19,22H2,1-2H3,(H,40,44). The molecule has 0 unspecified atom stereocenters. The third-order valence-corrected chi connectivity index (χ3v) is 8.24. The van der Waals surface area contributed by atoms with Gasteiger partial charge in [-0.3, -0.25) is 14.3 Å². The number of carbonyl (C=O) groups is 1. The molecule has 232 valence electrons. The van der Waals surface area contributed by atoms with Crippen molar-refractivity contribution in [1.82, 2.24) is 19.4 Å². The Morgan fingerprint density at radius 1 is 0.889 bits per heavy atom. The molecule has 1 amide bonds. The number of imidazole rings is 1. The van der Waals surface area contributed by atoms with E-state index in [1.54, 1.807) is 19.5 Å². The molecule has 6 rings (SSSR count). The molecular weight excluding hydrogens is 579 g/mol. The van der Waals surface area contributed by atoms with Crippen LogP contribution in [0.4, 0.5) is 18.9 Å². The van der Waals surface area contributed by atoms with Gasteiger partial charge in [-0.15, -0.1) is 0 Å². The summed E-state index contributed by atoms with van der Waals surface area (Å²) in [6.45, 7) is 3.30. The first-order valence-electron chi connectivity index (χ1n) is 14.8. The van der Waals surface area contributed by atoms with Crippen LogP contribution in [-0.2, 0) is 23.9 Å². The molecule has 1 aliphatic heterocycles. The Morgan fingerprint density at radius 2 is 1.60 bits per heavy atom. The van der Waals surface area contributed by atoms with Crippen LogP contribution in [-0.4, -0.2) is 65.6 Å². The molecule has 1 saturated heterocycles. The Hall–Kier alpha value is -4.67. The van der Waals surface area contributed by atoms with E-state index in [4.69, 9.17) is 4.74 Å². The number of nitrogens with zero attached hydrogens (tertiary/aromatic N) is 4. The molecule has 0 bridgehead atoms. The van der Waals surface area contributed by atoms with Gasteiger partial charge in [0.05, 0.1) is 30.1 Å². The molecule has 5 aromatic rings. The van der Waals surface area contributed by atoms with Gasteiger partial charge >= 0.3 is 6.18 Å². The van der Waals surface area contributed by atoms with Crippen molar-refractivity contribution in [3.05, 3.63) is 108 Å². The molecule has 1 aliphatic rings. The number of methoxy groups -OCH3 is 1. The highest BCUT2D eigenvalue weighted by molar-refractivity contribution is 5.92. The van der Waals surface area contributed by atoms with E-state index in [1.165, 1.54) is 6.07 Å². The number of alkyl halides is 3. The van der Waals surface area contributed by atoms with Crippen molar-refractivity contribution in [1.29, 1.82) is 0 Å². The third-order valence-electron chi connectivity index (χ3n) is 8.24. The zero-order chi connectivity index (χ0) is 31.6. The first-order chi connectivity index (χ1) is 21.7. The fraction of sp³-hybridized carbons (Fsp3) is 0.257. The van der Waals surface area contributed by atoms with Crippen molar-refractivity contribution in [2.24, 2.45) is 0 Å². The van der Waals surface area contributed by atoms with Crippen LogP contribution in [0.1, 0.15) is 16.7 Å². The third kappa shape index (κ3) is 7.02. The minimum atomic E-state index is -4.52. The van der Waals surface area contributed by atoms with Gasteiger partial charge in [0.15, 0.2) is 0 Å². The summed E-state index contributed by atoms with van der Waals surface area (Å²) in [5.74, 6) is 0.410. The van der Waals surface area contributed by atoms with E-state index in [9.17, 15) is 18.0 Å². The number of hydrogen-bond acceptors (Lipinski definition) is 5. The van der Waals surface area contributed by atoms with Crippen molar-refractivity contribution in [3.8, 4) is 22.6 Å². The molecule has 0 radical (unpaired) electrons. The number of carbonyl (C=O) groups excluding carboxylic acids is 1. The molecule has 1 fully saturated rings. The average molecular weight is 614 g/mol. The van der Waals surface area contributed by atoms with Crippen molar-refractivity contribution in [3.63, 3.8) is 0 Å². The van der Waals surface area contributed by atoms with Crippen molar-refractivity contribution < 1.29 is 22.7 Å². The second kappa shape index (κ2) is 12.7. The number of fused-ring (bicyclic) bond motifs is 1. The molecule has 0 spiro atoms. The molecule has 7 nitrogen and oxygen atoms in total. The van der Waals surface area contributed by atoms with Gasteiger partial charge in [-0.2, -0.15) is 13.2 Å². The quantitative estimate of drug-likeness (QED) is 0.212. The van der Waals surface area contributed by atoms with E-state index in [0.29, 0.717) is 13.1 Å². The first kappa shape index (κ1) is 30.4. The molecule has 2 heterocycles. The highest BCUT2D eigenvalue weighted by Gasteiger charge is 2.34. The number of rotatable bonds is 8. The van der Waals surface area contributed by atoms with E-state index < -0.39 is 11.7 Å². The van der Waals surface area contributed by atoms with E-state index in [0.717, 1.165) is 58.3 Å². The number of ether oxygens (including phenoxy) is 1. The highest BCUT2D eigenvalue weighted by Crippen LogP contribution is 2.35. The van der Waals surface area contributed by atoms with Crippen LogP contribution in [0.3, 0.4) is 0 Å². The Labute approximate surface area is 259 Å². The van der Waals surface area contributed by atoms with E-state index in [-0.39, 0.29) is 30.1 Å². The van der Waals surface area contributed by atoms with Gasteiger partial charge in [0.1, 0.15) is 12.1 Å². The summed E-state index contributed by atoms with van der Waals surface area (Å²) in [6, 6.07) is 25.5. The molecule has 1 N–H and O–H groups in total. The van der Waals surface area contributed by atoms with Crippen molar-refractivity contribution in [2.75, 3.05) is 45.7 Å². The predicted molar refractivity (Wildman–Crippen MR) is 170 cm³/mol. The highest BCUT2D eigenvalue weighted by atomic mass is 19.4. The SMILES string of the molecule is COc1ccc(-c2ccc3c(c2)ncn3-c2ccc(CC(=O)Nc3ccc(CN4CCN(C)CC4)c(C(F)(F)F)c3)cc2)cc1. The van der Waals surface area contributed by atoms with Crippen LogP contribution in [0.15, 0.2) is 91.3 Å². The topological polar surface area (TPSA) is 62.6 Å². The summed E-state index contributed by atoms with van der Waals surface area (Å²) >= 11 is 0. The fourth-order valence-corrected chi connectivity index (χ4v) is 5.65. The van der Waals surface area contributed by atoms with Crippen LogP contribution < -0.4 is 10.1 Å². The number of halogens is 3. The van der Waals surface area contributed by atoms with Crippen molar-refractivity contribution in [2.45, 2.75) is 19.1 Å². The normalized spacial score (nSPS) is 14.5. The minimum absolute atomic E-state index is 0.0283. The minimum Gasteiger partial charge on any atom is -0.497 e. The summed E-state index contributed by atoms with van der Waals surface area (Å²) in [7, 11) is 3.64. The van der Waals surface area contributed by atoms with E-state index in [1.807, 2.05) is 83.2 Å². The molecule has 10 heteroatoms. The van der Waals surface area contributed by atoms with Crippen LogP contribution >= 0.6 is 0 Å². The Kier molecular flexibility index (Phi) is 8.60. The maximum absolute atomic E-state index is 14.0. The number of piperazine rings is 1. The summed E-state index contributed by atoms with van der Waals surface area (Å²) in [5, 5.41) is 2.65. The van der Waals surface area contributed by atoms with Gasteiger partial charge in [0, 0.05) is 44.1 Å². The molecule has 0 saturated carbocycles. The lowest BCUT2D eigenvalue weighted by atomic mass is 10.0. The molecular formula is C35H34F3N5O2. The van der Waals surface area contributed by atoms with Gasteiger partial charge < -0.3 is 15.0 Å². The lowest BCUT2D eigenvalue weighted by Crippen LogP contribution is -2.44. The number of aromatic nitrogens is 2. The summed E-state index contributed by atoms with van der Waals surface area (Å²) in [5.41, 5.74) is 5.14. The smallest absolute Gasteiger partial charge is 0.416 e. The Bertz CT molecular complexity index is 1790. The Morgan fingerprint density at radius 3 is 2.29 bits per heavy atom. The average Bonchev–Trinajstić information content (AvgIpc) is 3.46.